The highest BCUT2D eigenvalue weighted by Gasteiger charge is 2.10. The molecule has 0 amide bonds. The number of benzene rings is 2. The first-order valence-corrected chi connectivity index (χ1v) is 8.64. The highest BCUT2D eigenvalue weighted by molar-refractivity contribution is 5.96. The Morgan fingerprint density at radius 1 is 1.04 bits per heavy atom. The van der Waals surface area contributed by atoms with Crippen LogP contribution in [0.4, 0.5) is 0 Å². The van der Waals surface area contributed by atoms with Crippen molar-refractivity contribution in [1.82, 2.24) is 10.2 Å². The molecule has 0 bridgehead atoms. The highest BCUT2D eigenvalue weighted by Crippen LogP contribution is 2.25. The summed E-state index contributed by atoms with van der Waals surface area (Å²) in [5.41, 5.74) is 3.57. The van der Waals surface area contributed by atoms with E-state index in [4.69, 9.17) is 9.47 Å². The fraction of sp³-hybridized carbons (Fsp3) is 0.238. The van der Waals surface area contributed by atoms with E-state index in [1.54, 1.807) is 7.11 Å². The molecule has 0 atom stereocenters. The van der Waals surface area contributed by atoms with Crippen molar-refractivity contribution in [3.05, 3.63) is 66.0 Å². The number of ether oxygens (including phenoxy) is 2. The van der Waals surface area contributed by atoms with Gasteiger partial charge in [0, 0.05) is 23.7 Å². The van der Waals surface area contributed by atoms with Crippen LogP contribution in [0.25, 0.3) is 11.1 Å². The van der Waals surface area contributed by atoms with Gasteiger partial charge in [-0.1, -0.05) is 19.1 Å². The normalized spacial score (nSPS) is 10.5. The Bertz CT molecular complexity index is 852. The molecular formula is C21H22N2O3. The van der Waals surface area contributed by atoms with Crippen molar-refractivity contribution in [3.63, 3.8) is 0 Å². The molecule has 5 heteroatoms. The third-order valence-electron chi connectivity index (χ3n) is 4.15. The largest absolute Gasteiger partial charge is 0.497 e. The van der Waals surface area contributed by atoms with Gasteiger partial charge in [-0.25, -0.2) is 0 Å². The number of nitrogens with one attached hydrogen (secondary N) is 1. The average molecular weight is 350 g/mol. The third-order valence-corrected chi connectivity index (χ3v) is 4.15. The molecule has 0 spiro atoms. The summed E-state index contributed by atoms with van der Waals surface area (Å²) in [6.45, 7) is 2.34. The number of nitrogens with zero attached hydrogens (tertiary/aromatic N) is 1. The second-order valence-corrected chi connectivity index (χ2v) is 5.96. The number of aromatic amines is 1. The standard InChI is InChI=1S/C21H22N2O3/c1-3-4-21(24)16-7-11-18(12-8-16)26-14-20-19(13-22-23-20)15-5-9-17(25-2)10-6-15/h5-13H,3-4,14H2,1-2H3,(H,22,23). The van der Waals surface area contributed by atoms with Crippen molar-refractivity contribution < 1.29 is 14.3 Å². The Morgan fingerprint density at radius 3 is 2.38 bits per heavy atom. The zero-order valence-electron chi connectivity index (χ0n) is 15.0. The molecule has 1 N–H and O–H groups in total. The molecule has 26 heavy (non-hydrogen) atoms. The highest BCUT2D eigenvalue weighted by atomic mass is 16.5. The zero-order chi connectivity index (χ0) is 18.4. The van der Waals surface area contributed by atoms with Gasteiger partial charge in [0.2, 0.25) is 0 Å². The molecule has 3 aromatic rings. The van der Waals surface area contributed by atoms with E-state index in [1.807, 2.05) is 61.7 Å². The summed E-state index contributed by atoms with van der Waals surface area (Å²) < 4.78 is 11.0. The summed E-state index contributed by atoms with van der Waals surface area (Å²) in [4.78, 5) is 11.9. The lowest BCUT2D eigenvalue weighted by Crippen LogP contribution is -2.00. The maximum absolute atomic E-state index is 11.9. The van der Waals surface area contributed by atoms with Gasteiger partial charge in [-0.15, -0.1) is 0 Å². The van der Waals surface area contributed by atoms with Crippen LogP contribution in [-0.4, -0.2) is 23.1 Å². The van der Waals surface area contributed by atoms with Crippen molar-refractivity contribution in [2.75, 3.05) is 7.11 Å². The van der Waals surface area contributed by atoms with Crippen molar-refractivity contribution in [2.24, 2.45) is 0 Å². The maximum Gasteiger partial charge on any atom is 0.162 e. The number of aromatic nitrogens is 2. The van der Waals surface area contributed by atoms with Gasteiger partial charge < -0.3 is 9.47 Å². The lowest BCUT2D eigenvalue weighted by Gasteiger charge is -2.08. The predicted octanol–water partition coefficient (Wildman–Crippen LogP) is 4.65. The third kappa shape index (κ3) is 4.11. The van der Waals surface area contributed by atoms with Crippen LogP contribution in [0.15, 0.2) is 54.7 Å². The van der Waals surface area contributed by atoms with Gasteiger partial charge in [0.25, 0.3) is 0 Å². The fourth-order valence-electron chi connectivity index (χ4n) is 2.71. The summed E-state index contributed by atoms with van der Waals surface area (Å²) in [5, 5.41) is 7.18. The van der Waals surface area contributed by atoms with Crippen molar-refractivity contribution in [2.45, 2.75) is 26.4 Å². The summed E-state index contributed by atoms with van der Waals surface area (Å²) in [6.07, 6.45) is 3.27. The van der Waals surface area contributed by atoms with Crippen molar-refractivity contribution in [3.8, 4) is 22.6 Å². The summed E-state index contributed by atoms with van der Waals surface area (Å²) in [6, 6.07) is 15.1. The summed E-state index contributed by atoms with van der Waals surface area (Å²) in [5.74, 6) is 1.68. The Hall–Kier alpha value is -3.08. The van der Waals surface area contributed by atoms with Crippen LogP contribution in [0.1, 0.15) is 35.8 Å². The van der Waals surface area contributed by atoms with Gasteiger partial charge >= 0.3 is 0 Å². The quantitative estimate of drug-likeness (QED) is 0.601. The van der Waals surface area contributed by atoms with Gasteiger partial charge in [-0.3, -0.25) is 9.89 Å². The number of ketones is 1. The molecule has 2 aromatic carbocycles. The number of methoxy groups -OCH3 is 1. The van der Waals surface area contributed by atoms with Crippen LogP contribution in [-0.2, 0) is 6.61 Å². The van der Waals surface area contributed by atoms with Gasteiger partial charge in [-0.2, -0.15) is 5.10 Å². The molecule has 5 nitrogen and oxygen atoms in total. The Kier molecular flexibility index (Phi) is 5.69. The second-order valence-electron chi connectivity index (χ2n) is 5.96. The maximum atomic E-state index is 11.9. The number of Topliss-reactive ketones (excluding diaryl/α,β-unsaturated/α-hetero) is 1. The predicted molar refractivity (Wildman–Crippen MR) is 101 cm³/mol. The topological polar surface area (TPSA) is 64.2 Å². The molecule has 1 heterocycles. The molecule has 0 saturated heterocycles. The number of carbonyl (C=O) groups is 1. The van der Waals surface area contributed by atoms with Gasteiger partial charge in [0.15, 0.2) is 5.78 Å². The van der Waals surface area contributed by atoms with Crippen LogP contribution in [0, 0.1) is 0 Å². The molecule has 0 fully saturated rings. The molecule has 0 aliphatic rings. The first kappa shape index (κ1) is 17.7. The van der Waals surface area contributed by atoms with E-state index in [-0.39, 0.29) is 5.78 Å². The van der Waals surface area contributed by atoms with E-state index in [2.05, 4.69) is 10.2 Å². The molecule has 134 valence electrons. The van der Waals surface area contributed by atoms with E-state index in [0.29, 0.717) is 18.8 Å². The Morgan fingerprint density at radius 2 is 1.73 bits per heavy atom. The van der Waals surface area contributed by atoms with E-state index in [1.165, 1.54) is 0 Å². The molecule has 1 aromatic heterocycles. The molecule has 0 aliphatic carbocycles. The SMILES string of the molecule is CCCC(=O)c1ccc(OCc2n[nH]cc2-c2ccc(OC)cc2)cc1. The first-order chi connectivity index (χ1) is 12.7. The van der Waals surface area contributed by atoms with Crippen molar-refractivity contribution >= 4 is 5.78 Å². The molecule has 0 aliphatic heterocycles. The summed E-state index contributed by atoms with van der Waals surface area (Å²) >= 11 is 0. The molecule has 3 rings (SSSR count). The van der Waals surface area contributed by atoms with Gasteiger partial charge in [0.05, 0.1) is 7.11 Å². The molecular weight excluding hydrogens is 328 g/mol. The molecule has 0 unspecified atom stereocenters. The number of hydrogen-bond acceptors (Lipinski definition) is 4. The number of carbonyl (C=O) groups excluding carboxylic acids is 1. The van der Waals surface area contributed by atoms with E-state index < -0.39 is 0 Å². The number of hydrogen-bond donors (Lipinski definition) is 1. The monoisotopic (exact) mass is 350 g/mol. The average Bonchev–Trinajstić information content (AvgIpc) is 3.15. The Labute approximate surface area is 153 Å². The minimum Gasteiger partial charge on any atom is -0.497 e. The number of rotatable bonds is 8. The smallest absolute Gasteiger partial charge is 0.162 e. The van der Waals surface area contributed by atoms with Crippen LogP contribution in [0.5, 0.6) is 11.5 Å². The van der Waals surface area contributed by atoms with Crippen LogP contribution < -0.4 is 9.47 Å². The minimum absolute atomic E-state index is 0.160. The van der Waals surface area contributed by atoms with E-state index >= 15 is 0 Å². The molecule has 0 radical (unpaired) electrons. The first-order valence-electron chi connectivity index (χ1n) is 8.64. The van der Waals surface area contributed by atoms with Gasteiger partial charge in [0.1, 0.15) is 23.8 Å². The lowest BCUT2D eigenvalue weighted by molar-refractivity contribution is 0.0981. The van der Waals surface area contributed by atoms with Crippen LogP contribution in [0.2, 0.25) is 0 Å². The van der Waals surface area contributed by atoms with Gasteiger partial charge in [-0.05, 0) is 48.4 Å². The fourth-order valence-corrected chi connectivity index (χ4v) is 2.71. The Balaban J connectivity index is 1.67. The van der Waals surface area contributed by atoms with E-state index in [0.717, 1.165) is 34.6 Å². The van der Waals surface area contributed by atoms with Crippen molar-refractivity contribution in [1.29, 1.82) is 0 Å². The lowest BCUT2D eigenvalue weighted by atomic mass is 10.1. The summed E-state index contributed by atoms with van der Waals surface area (Å²) in [7, 11) is 1.65. The van der Waals surface area contributed by atoms with E-state index in [9.17, 15) is 4.79 Å². The van der Waals surface area contributed by atoms with Crippen LogP contribution in [0.3, 0.4) is 0 Å². The second kappa shape index (κ2) is 8.34. The minimum atomic E-state index is 0.160. The zero-order valence-corrected chi connectivity index (χ0v) is 15.0. The molecule has 0 saturated carbocycles. The number of H-pyrrole nitrogens is 1. The van der Waals surface area contributed by atoms with Crippen LogP contribution >= 0.6 is 0 Å².